The van der Waals surface area contributed by atoms with E-state index in [0.717, 1.165) is 10.7 Å². The lowest BCUT2D eigenvalue weighted by atomic mass is 9.93. The summed E-state index contributed by atoms with van der Waals surface area (Å²) in [6, 6.07) is 3.31. The van der Waals surface area contributed by atoms with Gasteiger partial charge in [0.05, 0.1) is 17.1 Å². The van der Waals surface area contributed by atoms with E-state index in [2.05, 4.69) is 30.7 Å². The van der Waals surface area contributed by atoms with Gasteiger partial charge in [-0.05, 0) is 12.1 Å². The highest BCUT2D eigenvalue weighted by molar-refractivity contribution is 7.09. The minimum absolute atomic E-state index is 0.0102. The first-order valence-electron chi connectivity index (χ1n) is 5.96. The van der Waals surface area contributed by atoms with Crippen LogP contribution in [0.5, 0.6) is 0 Å². The van der Waals surface area contributed by atoms with Gasteiger partial charge in [0.15, 0.2) is 5.78 Å². The zero-order chi connectivity index (χ0) is 14.0. The van der Waals surface area contributed by atoms with Crippen LogP contribution in [0.15, 0.2) is 23.7 Å². The van der Waals surface area contributed by atoms with Gasteiger partial charge < -0.3 is 0 Å². The van der Waals surface area contributed by atoms with Crippen LogP contribution in [-0.2, 0) is 11.8 Å². The first kappa shape index (κ1) is 14.2. The van der Waals surface area contributed by atoms with Gasteiger partial charge in [-0.2, -0.15) is 0 Å². The van der Waals surface area contributed by atoms with Gasteiger partial charge in [0.1, 0.15) is 10.7 Å². The molecule has 2 rings (SSSR count). The van der Waals surface area contributed by atoms with Crippen LogP contribution in [0, 0.1) is 0 Å². The van der Waals surface area contributed by atoms with E-state index >= 15 is 0 Å². The molecule has 0 aliphatic heterocycles. The third kappa shape index (κ3) is 3.61. The lowest BCUT2D eigenvalue weighted by Gasteiger charge is -2.14. The number of thiazole rings is 1. The maximum atomic E-state index is 12.0. The average molecular weight is 295 g/mol. The van der Waals surface area contributed by atoms with Gasteiger partial charge in [-0.25, -0.2) is 4.98 Å². The predicted octanol–water partition coefficient (Wildman–Crippen LogP) is 3.91. The van der Waals surface area contributed by atoms with E-state index in [1.165, 1.54) is 17.5 Å². The van der Waals surface area contributed by atoms with Gasteiger partial charge in [0, 0.05) is 17.0 Å². The van der Waals surface area contributed by atoms with Crippen LogP contribution in [0.25, 0.3) is 0 Å². The van der Waals surface area contributed by atoms with Gasteiger partial charge >= 0.3 is 0 Å². The zero-order valence-corrected chi connectivity index (χ0v) is 12.7. The third-order valence-corrected chi connectivity index (χ3v) is 3.72. The summed E-state index contributed by atoms with van der Waals surface area (Å²) >= 11 is 7.26. The summed E-state index contributed by atoms with van der Waals surface area (Å²) in [6.07, 6.45) is 1.77. The fraction of sp³-hybridized carbons (Fsp3) is 0.357. The summed E-state index contributed by atoms with van der Waals surface area (Å²) in [5, 5.41) is 3.37. The number of pyridine rings is 1. The summed E-state index contributed by atoms with van der Waals surface area (Å²) in [4.78, 5) is 20.6. The monoisotopic (exact) mass is 294 g/mol. The lowest BCUT2D eigenvalue weighted by Crippen LogP contribution is -2.12. The van der Waals surface area contributed by atoms with Crippen LogP contribution in [0.4, 0.5) is 0 Å². The van der Waals surface area contributed by atoms with Crippen molar-refractivity contribution in [3.05, 3.63) is 45.1 Å². The second-order valence-electron chi connectivity index (χ2n) is 5.34. The number of carbonyl (C=O) groups is 1. The number of aromatic nitrogens is 2. The van der Waals surface area contributed by atoms with Gasteiger partial charge in [-0.3, -0.25) is 9.78 Å². The van der Waals surface area contributed by atoms with E-state index in [1.54, 1.807) is 12.1 Å². The minimum atomic E-state index is -0.0357. The molecule has 19 heavy (non-hydrogen) atoms. The van der Waals surface area contributed by atoms with E-state index < -0.39 is 0 Å². The van der Waals surface area contributed by atoms with Crippen molar-refractivity contribution in [1.82, 2.24) is 9.97 Å². The Morgan fingerprint density at radius 2 is 2.11 bits per heavy atom. The highest BCUT2D eigenvalue weighted by Gasteiger charge is 2.18. The SMILES string of the molecule is CC(C)(C)c1csc(CC(=O)c2ccc(Cl)cn2)n1. The summed E-state index contributed by atoms with van der Waals surface area (Å²) in [6.45, 7) is 6.32. The molecule has 3 nitrogen and oxygen atoms in total. The molecule has 0 spiro atoms. The molecule has 0 aliphatic carbocycles. The van der Waals surface area contributed by atoms with Crippen molar-refractivity contribution in [1.29, 1.82) is 0 Å². The molecule has 100 valence electrons. The molecule has 0 fully saturated rings. The van der Waals surface area contributed by atoms with Crippen molar-refractivity contribution < 1.29 is 4.79 Å². The van der Waals surface area contributed by atoms with Gasteiger partial charge in [-0.1, -0.05) is 32.4 Å². The Hall–Kier alpha value is -1.26. The van der Waals surface area contributed by atoms with Crippen LogP contribution in [0.2, 0.25) is 5.02 Å². The Morgan fingerprint density at radius 3 is 2.63 bits per heavy atom. The normalized spacial score (nSPS) is 11.6. The molecule has 0 amide bonds. The number of nitrogens with zero attached hydrogens (tertiary/aromatic N) is 2. The van der Waals surface area contributed by atoms with Crippen molar-refractivity contribution in [2.75, 3.05) is 0 Å². The molecule has 2 heterocycles. The summed E-state index contributed by atoms with van der Waals surface area (Å²) in [7, 11) is 0. The van der Waals surface area contributed by atoms with Crippen molar-refractivity contribution in [2.45, 2.75) is 32.6 Å². The average Bonchev–Trinajstić information content (AvgIpc) is 2.78. The predicted molar refractivity (Wildman–Crippen MR) is 78.1 cm³/mol. The number of carbonyl (C=O) groups excluding carboxylic acids is 1. The molecule has 0 atom stereocenters. The molecule has 0 N–H and O–H groups in total. The molecule has 0 aliphatic rings. The zero-order valence-electron chi connectivity index (χ0n) is 11.1. The van der Waals surface area contributed by atoms with E-state index in [0.29, 0.717) is 10.7 Å². The highest BCUT2D eigenvalue weighted by atomic mass is 35.5. The molecular formula is C14H15ClN2OS. The largest absolute Gasteiger partial charge is 0.292 e. The Kier molecular flexibility index (Phi) is 4.02. The molecule has 2 aromatic heterocycles. The van der Waals surface area contributed by atoms with Gasteiger partial charge in [0.25, 0.3) is 0 Å². The quantitative estimate of drug-likeness (QED) is 0.806. The molecule has 0 aromatic carbocycles. The second kappa shape index (κ2) is 5.39. The Labute approximate surface area is 121 Å². The van der Waals surface area contributed by atoms with Crippen LogP contribution in [0.3, 0.4) is 0 Å². The maximum Gasteiger partial charge on any atom is 0.187 e. The summed E-state index contributed by atoms with van der Waals surface area (Å²) < 4.78 is 0. The number of rotatable bonds is 3. The molecule has 0 bridgehead atoms. The standard InChI is InChI=1S/C14H15ClN2OS/c1-14(2,3)12-8-19-13(17-12)6-11(18)10-5-4-9(15)7-16-10/h4-5,7-8H,6H2,1-3H3. The maximum absolute atomic E-state index is 12.0. The number of hydrogen-bond donors (Lipinski definition) is 0. The third-order valence-electron chi connectivity index (χ3n) is 2.65. The molecule has 5 heteroatoms. The number of hydrogen-bond acceptors (Lipinski definition) is 4. The topological polar surface area (TPSA) is 42.9 Å². The molecule has 0 unspecified atom stereocenters. The summed E-state index contributed by atoms with van der Waals surface area (Å²) in [5.74, 6) is -0.0357. The van der Waals surface area contributed by atoms with E-state index in [4.69, 9.17) is 11.6 Å². The van der Waals surface area contributed by atoms with Gasteiger partial charge in [0.2, 0.25) is 0 Å². The van der Waals surface area contributed by atoms with E-state index in [9.17, 15) is 4.79 Å². The number of Topliss-reactive ketones (excluding diaryl/α,β-unsaturated/α-hetero) is 1. The Morgan fingerprint density at radius 1 is 1.37 bits per heavy atom. The van der Waals surface area contributed by atoms with Crippen molar-refractivity contribution in [3.8, 4) is 0 Å². The van der Waals surface area contributed by atoms with Crippen LogP contribution >= 0.6 is 22.9 Å². The Balaban J connectivity index is 2.11. The highest BCUT2D eigenvalue weighted by Crippen LogP contribution is 2.24. The van der Waals surface area contributed by atoms with Gasteiger partial charge in [-0.15, -0.1) is 11.3 Å². The van der Waals surface area contributed by atoms with E-state index in [-0.39, 0.29) is 17.6 Å². The Bertz CT molecular complexity index is 584. The number of halogens is 1. The molecule has 2 aromatic rings. The smallest absolute Gasteiger partial charge is 0.187 e. The van der Waals surface area contributed by atoms with Crippen LogP contribution in [0.1, 0.15) is 42.0 Å². The van der Waals surface area contributed by atoms with Crippen molar-refractivity contribution >= 4 is 28.7 Å². The molecule has 0 saturated carbocycles. The molecule has 0 saturated heterocycles. The lowest BCUT2D eigenvalue weighted by molar-refractivity contribution is 0.0988. The number of ketones is 1. The second-order valence-corrected chi connectivity index (χ2v) is 6.72. The van der Waals surface area contributed by atoms with E-state index in [1.807, 2.05) is 5.38 Å². The van der Waals surface area contributed by atoms with Crippen molar-refractivity contribution in [2.24, 2.45) is 0 Å². The van der Waals surface area contributed by atoms with Crippen LogP contribution in [-0.4, -0.2) is 15.8 Å². The molecular weight excluding hydrogens is 280 g/mol. The van der Waals surface area contributed by atoms with Crippen molar-refractivity contribution in [3.63, 3.8) is 0 Å². The summed E-state index contributed by atoms with van der Waals surface area (Å²) in [5.41, 5.74) is 1.46. The first-order valence-corrected chi connectivity index (χ1v) is 7.21. The fourth-order valence-corrected chi connectivity index (χ4v) is 2.64. The fourth-order valence-electron chi connectivity index (χ4n) is 1.51. The molecule has 0 radical (unpaired) electrons. The first-order chi connectivity index (χ1) is 8.86. The minimum Gasteiger partial charge on any atom is -0.292 e. The van der Waals surface area contributed by atoms with Crippen LogP contribution < -0.4 is 0 Å².